The van der Waals surface area contributed by atoms with Crippen LogP contribution in [0.5, 0.6) is 0 Å². The van der Waals surface area contributed by atoms with Crippen LogP contribution in [0.25, 0.3) is 0 Å². The van der Waals surface area contributed by atoms with E-state index in [2.05, 4.69) is 25.9 Å². The monoisotopic (exact) mass is 319 g/mol. The van der Waals surface area contributed by atoms with Gasteiger partial charge in [-0.25, -0.2) is 9.97 Å². The highest BCUT2D eigenvalue weighted by atomic mass is 79.9. The highest BCUT2D eigenvalue weighted by molar-refractivity contribution is 9.10. The van der Waals surface area contributed by atoms with Crippen molar-refractivity contribution in [3.05, 3.63) is 16.0 Å². The Morgan fingerprint density at radius 1 is 1.59 bits per heavy atom. The molecular formula is C10H14BrN3O2S. The summed E-state index contributed by atoms with van der Waals surface area (Å²) in [5, 5.41) is 0. The molecule has 0 spiro atoms. The lowest BCUT2D eigenvalue weighted by atomic mass is 10.3. The Morgan fingerprint density at radius 2 is 2.41 bits per heavy atom. The smallest absolute Gasteiger partial charge is 0.160 e. The lowest BCUT2D eigenvalue weighted by Gasteiger charge is -2.21. The SMILES string of the molecule is COCc1nc(C2CSCCO2)nc(N)c1Br. The van der Waals surface area contributed by atoms with Crippen molar-refractivity contribution in [3.8, 4) is 0 Å². The summed E-state index contributed by atoms with van der Waals surface area (Å²) in [7, 11) is 1.62. The normalized spacial score (nSPS) is 20.5. The molecule has 1 aromatic rings. The molecule has 1 unspecified atom stereocenters. The Balaban J connectivity index is 2.27. The molecule has 94 valence electrons. The summed E-state index contributed by atoms with van der Waals surface area (Å²) >= 11 is 5.20. The Labute approximate surface area is 113 Å². The maximum Gasteiger partial charge on any atom is 0.160 e. The fraction of sp³-hybridized carbons (Fsp3) is 0.600. The number of thioether (sulfide) groups is 1. The van der Waals surface area contributed by atoms with Gasteiger partial charge >= 0.3 is 0 Å². The average Bonchev–Trinajstić information content (AvgIpc) is 2.36. The Kier molecular flexibility index (Phi) is 4.61. The fourth-order valence-corrected chi connectivity index (χ4v) is 2.68. The van der Waals surface area contributed by atoms with Crippen LogP contribution in [0, 0.1) is 0 Å². The average molecular weight is 320 g/mol. The summed E-state index contributed by atoms with van der Waals surface area (Å²) in [5.74, 6) is 2.96. The maximum atomic E-state index is 5.84. The summed E-state index contributed by atoms with van der Waals surface area (Å²) in [6.07, 6.45) is -0.0697. The number of nitrogens with two attached hydrogens (primary N) is 1. The van der Waals surface area contributed by atoms with E-state index in [1.54, 1.807) is 7.11 Å². The van der Waals surface area contributed by atoms with Crippen molar-refractivity contribution in [1.29, 1.82) is 0 Å². The van der Waals surface area contributed by atoms with Gasteiger partial charge in [0, 0.05) is 18.6 Å². The third kappa shape index (κ3) is 3.09. The van der Waals surface area contributed by atoms with Gasteiger partial charge in [0.25, 0.3) is 0 Å². The van der Waals surface area contributed by atoms with Crippen LogP contribution in [0.1, 0.15) is 17.6 Å². The zero-order valence-corrected chi connectivity index (χ0v) is 11.9. The van der Waals surface area contributed by atoms with Crippen LogP contribution in [0.2, 0.25) is 0 Å². The van der Waals surface area contributed by atoms with Gasteiger partial charge in [0.2, 0.25) is 0 Å². The van der Waals surface area contributed by atoms with Gasteiger partial charge < -0.3 is 15.2 Å². The van der Waals surface area contributed by atoms with Crippen molar-refractivity contribution in [3.63, 3.8) is 0 Å². The van der Waals surface area contributed by atoms with Gasteiger partial charge in [-0.2, -0.15) is 11.8 Å². The molecule has 0 bridgehead atoms. The predicted molar refractivity (Wildman–Crippen MR) is 70.9 cm³/mol. The molecule has 1 aliphatic heterocycles. The van der Waals surface area contributed by atoms with Crippen LogP contribution in [-0.2, 0) is 16.1 Å². The van der Waals surface area contributed by atoms with Crippen molar-refractivity contribution < 1.29 is 9.47 Å². The summed E-state index contributed by atoms with van der Waals surface area (Å²) in [5.41, 5.74) is 6.60. The first-order valence-electron chi connectivity index (χ1n) is 5.22. The van der Waals surface area contributed by atoms with E-state index in [-0.39, 0.29) is 6.10 Å². The summed E-state index contributed by atoms with van der Waals surface area (Å²) in [4.78, 5) is 8.71. The van der Waals surface area contributed by atoms with Crippen LogP contribution in [0.15, 0.2) is 4.47 Å². The standard InChI is InChI=1S/C10H14BrN3O2S/c1-15-4-6-8(11)9(12)14-10(13-6)7-5-17-3-2-16-7/h7H,2-5H2,1H3,(H2,12,13,14). The third-order valence-electron chi connectivity index (χ3n) is 2.35. The molecule has 5 nitrogen and oxygen atoms in total. The van der Waals surface area contributed by atoms with E-state index < -0.39 is 0 Å². The molecule has 0 radical (unpaired) electrons. The van der Waals surface area contributed by atoms with Crippen molar-refractivity contribution >= 4 is 33.5 Å². The van der Waals surface area contributed by atoms with Crippen molar-refractivity contribution in [1.82, 2.24) is 9.97 Å². The lowest BCUT2D eigenvalue weighted by Crippen LogP contribution is -2.19. The number of aromatic nitrogens is 2. The molecule has 7 heteroatoms. The van der Waals surface area contributed by atoms with E-state index in [1.165, 1.54) is 0 Å². The van der Waals surface area contributed by atoms with E-state index in [0.717, 1.165) is 23.8 Å². The first-order valence-corrected chi connectivity index (χ1v) is 7.17. The minimum atomic E-state index is -0.0697. The number of hydrogen-bond donors (Lipinski definition) is 1. The second-order valence-corrected chi connectivity index (χ2v) is 5.54. The maximum absolute atomic E-state index is 5.84. The van der Waals surface area contributed by atoms with Crippen molar-refractivity contribution in [2.45, 2.75) is 12.7 Å². The number of hydrogen-bond acceptors (Lipinski definition) is 6. The van der Waals surface area contributed by atoms with Crippen LogP contribution in [0.4, 0.5) is 5.82 Å². The van der Waals surface area contributed by atoms with E-state index >= 15 is 0 Å². The Morgan fingerprint density at radius 3 is 3.06 bits per heavy atom. The van der Waals surface area contributed by atoms with Gasteiger partial charge in [-0.3, -0.25) is 0 Å². The molecule has 0 amide bonds. The Bertz CT molecular complexity index is 399. The largest absolute Gasteiger partial charge is 0.383 e. The molecule has 0 saturated carbocycles. The predicted octanol–water partition coefficient (Wildman–Crippen LogP) is 1.77. The van der Waals surface area contributed by atoms with Gasteiger partial charge in [-0.15, -0.1) is 0 Å². The third-order valence-corrected chi connectivity index (χ3v) is 4.21. The molecule has 1 fully saturated rings. The summed E-state index contributed by atoms with van der Waals surface area (Å²) < 4.78 is 11.4. The number of halogens is 1. The van der Waals surface area contributed by atoms with E-state index in [9.17, 15) is 0 Å². The van der Waals surface area contributed by atoms with Crippen LogP contribution < -0.4 is 5.73 Å². The Hall–Kier alpha value is -0.370. The minimum Gasteiger partial charge on any atom is -0.383 e. The number of nitrogens with zero attached hydrogens (tertiary/aromatic N) is 2. The quantitative estimate of drug-likeness (QED) is 0.915. The van der Waals surface area contributed by atoms with E-state index in [0.29, 0.717) is 22.7 Å². The molecule has 1 aromatic heterocycles. The number of methoxy groups -OCH3 is 1. The molecular weight excluding hydrogens is 306 g/mol. The highest BCUT2D eigenvalue weighted by Gasteiger charge is 2.21. The number of ether oxygens (including phenoxy) is 2. The lowest BCUT2D eigenvalue weighted by molar-refractivity contribution is 0.0689. The van der Waals surface area contributed by atoms with Crippen LogP contribution >= 0.6 is 27.7 Å². The first kappa shape index (κ1) is 13.1. The molecule has 0 aromatic carbocycles. The molecule has 17 heavy (non-hydrogen) atoms. The zero-order chi connectivity index (χ0) is 12.3. The molecule has 0 aliphatic carbocycles. The van der Waals surface area contributed by atoms with E-state index in [1.807, 2.05) is 11.8 Å². The molecule has 1 aliphatic rings. The van der Waals surface area contributed by atoms with Gasteiger partial charge in [-0.1, -0.05) is 0 Å². The first-order chi connectivity index (χ1) is 8.22. The van der Waals surface area contributed by atoms with Crippen LogP contribution in [0.3, 0.4) is 0 Å². The topological polar surface area (TPSA) is 70.3 Å². The van der Waals surface area contributed by atoms with Gasteiger partial charge in [0.15, 0.2) is 5.82 Å². The second-order valence-electron chi connectivity index (χ2n) is 3.60. The molecule has 2 rings (SSSR count). The number of rotatable bonds is 3. The molecule has 2 N–H and O–H groups in total. The summed E-state index contributed by atoms with van der Waals surface area (Å²) in [6.45, 7) is 1.13. The van der Waals surface area contributed by atoms with Crippen molar-refractivity contribution in [2.75, 3.05) is 31.0 Å². The van der Waals surface area contributed by atoms with Gasteiger partial charge in [0.05, 0.1) is 23.4 Å². The van der Waals surface area contributed by atoms with Gasteiger partial charge in [0.1, 0.15) is 11.9 Å². The van der Waals surface area contributed by atoms with E-state index in [4.69, 9.17) is 15.2 Å². The highest BCUT2D eigenvalue weighted by Crippen LogP contribution is 2.28. The van der Waals surface area contributed by atoms with Crippen LogP contribution in [-0.4, -0.2) is 35.2 Å². The molecule has 1 atom stereocenters. The summed E-state index contributed by atoms with van der Waals surface area (Å²) in [6, 6.07) is 0. The van der Waals surface area contributed by atoms with Gasteiger partial charge in [-0.05, 0) is 15.9 Å². The van der Waals surface area contributed by atoms with Crippen molar-refractivity contribution in [2.24, 2.45) is 0 Å². The molecule has 1 saturated heterocycles. The zero-order valence-electron chi connectivity index (χ0n) is 9.48. The molecule has 2 heterocycles. The number of anilines is 1. The fourth-order valence-electron chi connectivity index (χ4n) is 1.55. The number of nitrogen functional groups attached to an aromatic ring is 1. The minimum absolute atomic E-state index is 0.0697. The second kappa shape index (κ2) is 5.99.